The lowest BCUT2D eigenvalue weighted by Crippen LogP contribution is -2.32. The van der Waals surface area contributed by atoms with Crippen LogP contribution in [0.15, 0.2) is 29.5 Å². The Hall–Kier alpha value is -0.850. The highest BCUT2D eigenvalue weighted by atomic mass is 127. The summed E-state index contributed by atoms with van der Waals surface area (Å²) in [6, 6.07) is 4.07. The Labute approximate surface area is 133 Å². The van der Waals surface area contributed by atoms with Gasteiger partial charge in [0.25, 0.3) is 0 Å². The van der Waals surface area contributed by atoms with Crippen LogP contribution in [-0.4, -0.2) is 24.0 Å². The predicted octanol–water partition coefficient (Wildman–Crippen LogP) is 2.75. The Balaban J connectivity index is 0.00000324. The van der Waals surface area contributed by atoms with Gasteiger partial charge >= 0.3 is 0 Å². The average molecular weight is 376 g/mol. The molecule has 0 saturated heterocycles. The minimum Gasteiger partial charge on any atom is -0.370 e. The van der Waals surface area contributed by atoms with Crippen LogP contribution in [0.1, 0.15) is 38.7 Å². The molecule has 4 nitrogen and oxygen atoms in total. The molecule has 0 aromatic carbocycles. The minimum atomic E-state index is 0. The number of halogens is 1. The number of pyridine rings is 1. The lowest BCUT2D eigenvalue weighted by atomic mass is 9.89. The lowest BCUT2D eigenvalue weighted by Gasteiger charge is -2.19. The molecule has 0 amide bonds. The van der Waals surface area contributed by atoms with Crippen LogP contribution in [0.3, 0.4) is 0 Å². The molecular weight excluding hydrogens is 351 g/mol. The summed E-state index contributed by atoms with van der Waals surface area (Å²) in [5.41, 5.74) is 7.03. The van der Waals surface area contributed by atoms with Crippen LogP contribution in [0.5, 0.6) is 0 Å². The maximum absolute atomic E-state index is 5.81. The number of guanidine groups is 1. The van der Waals surface area contributed by atoms with Gasteiger partial charge in [0.1, 0.15) is 0 Å². The average Bonchev–Trinajstić information content (AvgIpc) is 2.37. The summed E-state index contributed by atoms with van der Waals surface area (Å²) in [4.78, 5) is 8.58. The zero-order chi connectivity index (χ0) is 13.4. The zero-order valence-corrected chi connectivity index (χ0v) is 14.3. The summed E-state index contributed by atoms with van der Waals surface area (Å²) in [6.07, 6.45) is 4.75. The quantitative estimate of drug-likeness (QED) is 0.456. The number of aromatic nitrogens is 1. The molecule has 0 aliphatic carbocycles. The smallest absolute Gasteiger partial charge is 0.188 e. The molecule has 1 aromatic heterocycles. The van der Waals surface area contributed by atoms with Crippen LogP contribution in [0.4, 0.5) is 0 Å². The van der Waals surface area contributed by atoms with Gasteiger partial charge in [0.15, 0.2) is 5.96 Å². The topological polar surface area (TPSA) is 63.3 Å². The van der Waals surface area contributed by atoms with Gasteiger partial charge in [-0.05, 0) is 24.0 Å². The van der Waals surface area contributed by atoms with Crippen LogP contribution in [0, 0.1) is 5.92 Å². The number of aliphatic imine (C=N–C) groups is 1. The van der Waals surface area contributed by atoms with E-state index in [-0.39, 0.29) is 24.0 Å². The van der Waals surface area contributed by atoms with E-state index in [0.29, 0.717) is 24.3 Å². The Morgan fingerprint density at radius 3 is 2.74 bits per heavy atom. The number of nitrogens with zero attached hydrogens (tertiary/aromatic N) is 2. The van der Waals surface area contributed by atoms with Crippen LogP contribution < -0.4 is 11.1 Å². The highest BCUT2D eigenvalue weighted by Crippen LogP contribution is 2.23. The van der Waals surface area contributed by atoms with E-state index in [1.165, 1.54) is 5.56 Å². The largest absolute Gasteiger partial charge is 0.370 e. The van der Waals surface area contributed by atoms with Gasteiger partial charge in [0, 0.05) is 31.4 Å². The standard InChI is InChI=1S/C14H24N4.HI/c1-4-7-17-14(15)18-10-13(11(2)3)12-6-5-8-16-9-12;/h5-6,8-9,11,13H,4,7,10H2,1-3H3,(H3,15,17,18);1H. The van der Waals surface area contributed by atoms with Crippen molar-refractivity contribution < 1.29 is 0 Å². The molecule has 0 aliphatic rings. The third-order valence-electron chi connectivity index (χ3n) is 2.93. The van der Waals surface area contributed by atoms with Crippen molar-refractivity contribution in [3.63, 3.8) is 0 Å². The summed E-state index contributed by atoms with van der Waals surface area (Å²) in [7, 11) is 0. The molecule has 5 heteroatoms. The summed E-state index contributed by atoms with van der Waals surface area (Å²) in [5.74, 6) is 1.41. The molecule has 0 bridgehead atoms. The summed E-state index contributed by atoms with van der Waals surface area (Å²) in [6.45, 7) is 8.07. The Bertz CT molecular complexity index is 365. The van der Waals surface area contributed by atoms with Crippen LogP contribution in [0.25, 0.3) is 0 Å². The second kappa shape index (κ2) is 10.00. The fourth-order valence-electron chi connectivity index (χ4n) is 1.80. The van der Waals surface area contributed by atoms with Crippen LogP contribution in [-0.2, 0) is 0 Å². The number of nitrogens with two attached hydrogens (primary N) is 1. The molecule has 1 heterocycles. The number of hydrogen-bond acceptors (Lipinski definition) is 2. The molecule has 0 radical (unpaired) electrons. The van der Waals surface area contributed by atoms with Crippen LogP contribution >= 0.6 is 24.0 Å². The summed E-state index contributed by atoms with van der Waals surface area (Å²) < 4.78 is 0. The first-order valence-electron chi connectivity index (χ1n) is 6.58. The normalized spacial score (nSPS) is 12.9. The van der Waals surface area contributed by atoms with Gasteiger partial charge in [-0.1, -0.05) is 26.8 Å². The van der Waals surface area contributed by atoms with Crippen molar-refractivity contribution in [3.8, 4) is 0 Å². The van der Waals surface area contributed by atoms with Crippen LogP contribution in [0.2, 0.25) is 0 Å². The zero-order valence-electron chi connectivity index (χ0n) is 12.0. The molecule has 0 saturated carbocycles. The highest BCUT2D eigenvalue weighted by Gasteiger charge is 2.15. The molecule has 1 rings (SSSR count). The Morgan fingerprint density at radius 1 is 1.47 bits per heavy atom. The third kappa shape index (κ3) is 6.75. The van der Waals surface area contributed by atoms with Gasteiger partial charge < -0.3 is 11.1 Å². The number of nitrogens with one attached hydrogen (secondary N) is 1. The maximum atomic E-state index is 5.81. The van der Waals surface area contributed by atoms with Gasteiger partial charge in [-0.3, -0.25) is 9.98 Å². The lowest BCUT2D eigenvalue weighted by molar-refractivity contribution is 0.505. The second-order valence-electron chi connectivity index (χ2n) is 4.79. The van der Waals surface area contributed by atoms with Gasteiger partial charge in [-0.25, -0.2) is 0 Å². The van der Waals surface area contributed by atoms with E-state index >= 15 is 0 Å². The minimum absolute atomic E-state index is 0. The van der Waals surface area contributed by atoms with Crippen molar-refractivity contribution >= 4 is 29.9 Å². The van der Waals surface area contributed by atoms with Gasteiger partial charge in [-0.15, -0.1) is 24.0 Å². The second-order valence-corrected chi connectivity index (χ2v) is 4.79. The fourth-order valence-corrected chi connectivity index (χ4v) is 1.80. The Morgan fingerprint density at radius 2 is 2.21 bits per heavy atom. The summed E-state index contributed by atoms with van der Waals surface area (Å²) >= 11 is 0. The first-order chi connectivity index (χ1) is 8.65. The first kappa shape index (κ1) is 18.1. The third-order valence-corrected chi connectivity index (χ3v) is 2.93. The Kier molecular flexibility index (Phi) is 9.55. The molecule has 1 atom stereocenters. The molecule has 0 fully saturated rings. The molecule has 0 aliphatic heterocycles. The fraction of sp³-hybridized carbons (Fsp3) is 0.571. The molecule has 3 N–H and O–H groups in total. The SMILES string of the molecule is CCCNC(N)=NCC(c1cccnc1)C(C)C.I. The van der Waals surface area contributed by atoms with Gasteiger partial charge in [-0.2, -0.15) is 0 Å². The van der Waals surface area contributed by atoms with Crippen molar-refractivity contribution in [1.82, 2.24) is 10.3 Å². The van der Waals surface area contributed by atoms with Crippen molar-refractivity contribution in [3.05, 3.63) is 30.1 Å². The van der Waals surface area contributed by atoms with Crippen molar-refractivity contribution in [2.24, 2.45) is 16.6 Å². The van der Waals surface area contributed by atoms with E-state index in [9.17, 15) is 0 Å². The number of hydrogen-bond donors (Lipinski definition) is 2. The van der Waals surface area contributed by atoms with Gasteiger partial charge in [0.05, 0.1) is 0 Å². The molecule has 19 heavy (non-hydrogen) atoms. The van der Waals surface area contributed by atoms with E-state index < -0.39 is 0 Å². The van der Waals surface area contributed by atoms with Crippen molar-refractivity contribution in [1.29, 1.82) is 0 Å². The summed E-state index contributed by atoms with van der Waals surface area (Å²) in [5, 5.41) is 3.09. The highest BCUT2D eigenvalue weighted by molar-refractivity contribution is 14.0. The predicted molar refractivity (Wildman–Crippen MR) is 92.0 cm³/mol. The molecule has 1 aromatic rings. The van der Waals surface area contributed by atoms with E-state index in [1.54, 1.807) is 6.20 Å². The van der Waals surface area contributed by atoms with E-state index in [2.05, 4.69) is 42.1 Å². The monoisotopic (exact) mass is 376 g/mol. The van der Waals surface area contributed by atoms with E-state index in [1.807, 2.05) is 12.3 Å². The molecule has 0 spiro atoms. The van der Waals surface area contributed by atoms with Gasteiger partial charge in [0.2, 0.25) is 0 Å². The van der Waals surface area contributed by atoms with Crippen molar-refractivity contribution in [2.75, 3.05) is 13.1 Å². The first-order valence-corrected chi connectivity index (χ1v) is 6.58. The number of rotatable bonds is 6. The maximum Gasteiger partial charge on any atom is 0.188 e. The van der Waals surface area contributed by atoms with E-state index in [0.717, 1.165) is 13.0 Å². The molecule has 1 unspecified atom stereocenters. The van der Waals surface area contributed by atoms with Crippen molar-refractivity contribution in [2.45, 2.75) is 33.1 Å². The van der Waals surface area contributed by atoms with E-state index in [4.69, 9.17) is 5.73 Å². The molecular formula is C14H25IN4. The molecule has 108 valence electrons.